The van der Waals surface area contributed by atoms with E-state index in [0.717, 1.165) is 10.3 Å². The fourth-order valence-electron chi connectivity index (χ4n) is 1.72. The predicted octanol–water partition coefficient (Wildman–Crippen LogP) is 2.26. The summed E-state index contributed by atoms with van der Waals surface area (Å²) >= 11 is 5.19. The van der Waals surface area contributed by atoms with Crippen LogP contribution in [0.2, 0.25) is 0 Å². The minimum Gasteiger partial charge on any atom is -0.322 e. The predicted molar refractivity (Wildman–Crippen MR) is 60.0 cm³/mol. The van der Waals surface area contributed by atoms with E-state index in [1.165, 1.54) is 17.7 Å². The highest BCUT2D eigenvalue weighted by molar-refractivity contribution is 9.11. The molecule has 2 rings (SSSR count). The molecule has 2 heterocycles. The largest absolute Gasteiger partial charge is 0.322 e. The maximum atomic E-state index is 6.14. The Balaban J connectivity index is 2.07. The summed E-state index contributed by atoms with van der Waals surface area (Å²) in [6.45, 7) is 1.12. The summed E-state index contributed by atoms with van der Waals surface area (Å²) in [6.07, 6.45) is 2.46. The summed E-state index contributed by atoms with van der Waals surface area (Å²) < 4.78 is 1.16. The summed E-state index contributed by atoms with van der Waals surface area (Å²) in [4.78, 5) is 1.27. The summed E-state index contributed by atoms with van der Waals surface area (Å²) in [5.41, 5.74) is 6.14. The van der Waals surface area contributed by atoms with Gasteiger partial charge in [0.2, 0.25) is 0 Å². The molecule has 0 saturated carbocycles. The quantitative estimate of drug-likeness (QED) is 0.857. The standard InChI is InChI=1S/C9H13BrN2S/c10-8-4-3-7(13-8)9(11)6-2-1-5-12-6/h3-4,6,9,12H,1-2,5,11H2. The van der Waals surface area contributed by atoms with Crippen LogP contribution in [0.25, 0.3) is 0 Å². The van der Waals surface area contributed by atoms with Crippen LogP contribution in [0.1, 0.15) is 23.8 Å². The van der Waals surface area contributed by atoms with Crippen LogP contribution < -0.4 is 11.1 Å². The SMILES string of the molecule is NC(c1ccc(Br)s1)C1CCCN1. The van der Waals surface area contributed by atoms with Gasteiger partial charge in [-0.05, 0) is 47.4 Å². The molecule has 0 amide bonds. The molecule has 0 bridgehead atoms. The Kier molecular flexibility index (Phi) is 3.03. The molecule has 0 radical (unpaired) electrons. The summed E-state index contributed by atoms with van der Waals surface area (Å²) in [5.74, 6) is 0. The number of halogens is 1. The first-order chi connectivity index (χ1) is 6.27. The van der Waals surface area contributed by atoms with Gasteiger partial charge in [0.25, 0.3) is 0 Å². The van der Waals surface area contributed by atoms with E-state index >= 15 is 0 Å². The van der Waals surface area contributed by atoms with Gasteiger partial charge in [-0.3, -0.25) is 0 Å². The van der Waals surface area contributed by atoms with E-state index in [9.17, 15) is 0 Å². The molecule has 3 N–H and O–H groups in total. The Labute approximate surface area is 90.6 Å². The van der Waals surface area contributed by atoms with Gasteiger partial charge in [-0.1, -0.05) is 0 Å². The van der Waals surface area contributed by atoms with Crippen LogP contribution in [-0.2, 0) is 0 Å². The van der Waals surface area contributed by atoms with Crippen molar-refractivity contribution in [3.63, 3.8) is 0 Å². The Morgan fingerprint density at radius 2 is 2.46 bits per heavy atom. The van der Waals surface area contributed by atoms with Crippen molar-refractivity contribution in [1.29, 1.82) is 0 Å². The van der Waals surface area contributed by atoms with Crippen molar-refractivity contribution in [3.8, 4) is 0 Å². The van der Waals surface area contributed by atoms with Gasteiger partial charge in [0.1, 0.15) is 0 Å². The lowest BCUT2D eigenvalue weighted by molar-refractivity contribution is 0.506. The fraction of sp³-hybridized carbons (Fsp3) is 0.556. The average molecular weight is 261 g/mol. The monoisotopic (exact) mass is 260 g/mol. The molecule has 2 nitrogen and oxygen atoms in total. The molecule has 1 aliphatic rings. The Morgan fingerprint density at radius 1 is 1.62 bits per heavy atom. The Hall–Kier alpha value is 0.1000. The van der Waals surface area contributed by atoms with E-state index in [0.29, 0.717) is 6.04 Å². The summed E-state index contributed by atoms with van der Waals surface area (Å²) in [5, 5.41) is 3.43. The molecule has 2 atom stereocenters. The third-order valence-corrected chi connectivity index (χ3v) is 4.18. The molecule has 72 valence electrons. The van der Waals surface area contributed by atoms with Gasteiger partial charge in [0, 0.05) is 10.9 Å². The topological polar surface area (TPSA) is 38.0 Å². The number of nitrogens with one attached hydrogen (secondary N) is 1. The lowest BCUT2D eigenvalue weighted by Crippen LogP contribution is -2.33. The zero-order valence-corrected chi connectivity index (χ0v) is 9.70. The summed E-state index contributed by atoms with van der Waals surface area (Å²) in [6, 6.07) is 4.82. The molecule has 1 fully saturated rings. The minimum absolute atomic E-state index is 0.166. The van der Waals surface area contributed by atoms with Crippen molar-refractivity contribution in [2.45, 2.75) is 24.9 Å². The average Bonchev–Trinajstić information content (AvgIpc) is 2.72. The van der Waals surface area contributed by atoms with E-state index < -0.39 is 0 Å². The smallest absolute Gasteiger partial charge is 0.0702 e. The normalized spacial score (nSPS) is 24.9. The van der Waals surface area contributed by atoms with E-state index in [2.05, 4.69) is 33.4 Å². The highest BCUT2D eigenvalue weighted by Gasteiger charge is 2.23. The van der Waals surface area contributed by atoms with Crippen LogP contribution in [0.4, 0.5) is 0 Å². The second kappa shape index (κ2) is 4.09. The molecule has 1 saturated heterocycles. The van der Waals surface area contributed by atoms with E-state index in [4.69, 9.17) is 5.73 Å². The van der Waals surface area contributed by atoms with Crippen LogP contribution in [-0.4, -0.2) is 12.6 Å². The molecule has 0 aromatic carbocycles. The van der Waals surface area contributed by atoms with Crippen molar-refractivity contribution in [2.24, 2.45) is 5.73 Å². The molecule has 2 unspecified atom stereocenters. The second-order valence-corrected chi connectivity index (χ2v) is 5.87. The number of nitrogens with two attached hydrogens (primary N) is 1. The lowest BCUT2D eigenvalue weighted by atomic mass is 10.1. The van der Waals surface area contributed by atoms with E-state index in [1.807, 2.05) is 0 Å². The second-order valence-electron chi connectivity index (χ2n) is 3.37. The van der Waals surface area contributed by atoms with Crippen molar-refractivity contribution in [2.75, 3.05) is 6.54 Å². The van der Waals surface area contributed by atoms with Crippen molar-refractivity contribution < 1.29 is 0 Å². The number of hydrogen-bond donors (Lipinski definition) is 2. The van der Waals surface area contributed by atoms with Crippen molar-refractivity contribution >= 4 is 27.3 Å². The van der Waals surface area contributed by atoms with Gasteiger partial charge in [-0.25, -0.2) is 0 Å². The van der Waals surface area contributed by atoms with Crippen molar-refractivity contribution in [1.82, 2.24) is 5.32 Å². The Bertz CT molecular complexity index is 281. The first kappa shape index (κ1) is 9.65. The van der Waals surface area contributed by atoms with Crippen LogP contribution in [0.5, 0.6) is 0 Å². The van der Waals surface area contributed by atoms with Gasteiger partial charge in [-0.2, -0.15) is 0 Å². The molecule has 1 aromatic rings. The molecule has 1 aromatic heterocycles. The highest BCUT2D eigenvalue weighted by Crippen LogP contribution is 2.29. The maximum Gasteiger partial charge on any atom is 0.0702 e. The first-order valence-corrected chi connectivity index (χ1v) is 6.12. The molecule has 13 heavy (non-hydrogen) atoms. The third-order valence-electron chi connectivity index (χ3n) is 2.45. The highest BCUT2D eigenvalue weighted by atomic mass is 79.9. The molecule has 0 spiro atoms. The first-order valence-electron chi connectivity index (χ1n) is 4.51. The van der Waals surface area contributed by atoms with E-state index in [1.54, 1.807) is 11.3 Å². The molecular formula is C9H13BrN2S. The van der Waals surface area contributed by atoms with Crippen LogP contribution in [0, 0.1) is 0 Å². The van der Waals surface area contributed by atoms with Crippen LogP contribution in [0.15, 0.2) is 15.9 Å². The molecule has 1 aliphatic heterocycles. The van der Waals surface area contributed by atoms with Crippen molar-refractivity contribution in [3.05, 3.63) is 20.8 Å². The lowest BCUT2D eigenvalue weighted by Gasteiger charge is -2.17. The van der Waals surface area contributed by atoms with E-state index in [-0.39, 0.29) is 6.04 Å². The van der Waals surface area contributed by atoms with Crippen LogP contribution in [0.3, 0.4) is 0 Å². The van der Waals surface area contributed by atoms with Gasteiger partial charge >= 0.3 is 0 Å². The zero-order valence-electron chi connectivity index (χ0n) is 7.29. The molecule has 4 heteroatoms. The number of rotatable bonds is 2. The van der Waals surface area contributed by atoms with Gasteiger partial charge in [0.15, 0.2) is 0 Å². The van der Waals surface area contributed by atoms with Gasteiger partial charge in [0.05, 0.1) is 9.83 Å². The summed E-state index contributed by atoms with van der Waals surface area (Å²) in [7, 11) is 0. The fourth-order valence-corrected chi connectivity index (χ4v) is 3.21. The molecule has 0 aliphatic carbocycles. The third kappa shape index (κ3) is 2.13. The Morgan fingerprint density at radius 3 is 3.00 bits per heavy atom. The molecular weight excluding hydrogens is 248 g/mol. The van der Waals surface area contributed by atoms with Gasteiger partial charge in [-0.15, -0.1) is 11.3 Å². The number of hydrogen-bond acceptors (Lipinski definition) is 3. The van der Waals surface area contributed by atoms with Gasteiger partial charge < -0.3 is 11.1 Å². The maximum absolute atomic E-state index is 6.14. The minimum atomic E-state index is 0.166. The number of thiophene rings is 1. The zero-order chi connectivity index (χ0) is 9.26. The van der Waals surface area contributed by atoms with Crippen LogP contribution >= 0.6 is 27.3 Å².